The first-order valence-corrected chi connectivity index (χ1v) is 15.3. The largest absolute Gasteiger partial charge is 0.444 e. The Morgan fingerprint density at radius 3 is 2.35 bits per heavy atom. The van der Waals surface area contributed by atoms with E-state index in [1.54, 1.807) is 37.0 Å². The molecule has 2 heterocycles. The van der Waals surface area contributed by atoms with Crippen molar-refractivity contribution >= 4 is 35.2 Å². The number of nitrogens with one attached hydrogen (secondary N) is 3. The number of hydrogen-bond donors (Lipinski definition) is 3. The molecular weight excluding hydrogens is 566 g/mol. The molecule has 1 saturated heterocycles. The molecule has 11 heteroatoms. The lowest BCUT2D eigenvalue weighted by Gasteiger charge is -2.36. The van der Waals surface area contributed by atoms with Gasteiger partial charge in [-0.3, -0.25) is 14.4 Å². The zero-order valence-electron chi connectivity index (χ0n) is 26.1. The Balaban J connectivity index is 1.67. The van der Waals surface area contributed by atoms with Crippen molar-refractivity contribution in [1.29, 1.82) is 0 Å². The number of carbonyl (C=O) groups is 4. The highest BCUT2D eigenvalue weighted by Gasteiger charge is 2.42. The van der Waals surface area contributed by atoms with Gasteiger partial charge >= 0.3 is 6.09 Å². The Kier molecular flexibility index (Phi) is 11.0. The molecule has 3 atom stereocenters. The molecule has 10 nitrogen and oxygen atoms in total. The summed E-state index contributed by atoms with van der Waals surface area (Å²) in [5.74, 6) is 1.18. The molecule has 4 amide bonds. The standard InChI is InChI=1S/C32H43N5O5S/c1-9-11-23(35-30(41)42-32(6,7)8)27(38)36-26(31(3,4)5)29(40)37-17-10-12-24(37)28(39)33-18-21-13-15-22(16-14-21)25-20(2)34-19-43-25/h1,13-16,19,23-24,26H,10-12,17-18H2,2-8H3,(H,33,39)(H,35,41)(H,36,38). The number of terminal acetylenes is 1. The average Bonchev–Trinajstić information content (AvgIpc) is 3.57. The molecule has 0 aliphatic carbocycles. The van der Waals surface area contributed by atoms with Crippen molar-refractivity contribution in [2.24, 2.45) is 5.41 Å². The smallest absolute Gasteiger partial charge is 0.408 e. The summed E-state index contributed by atoms with van der Waals surface area (Å²) in [7, 11) is 0. The third-order valence-electron chi connectivity index (χ3n) is 7.00. The Hall–Kier alpha value is -3.91. The first kappa shape index (κ1) is 33.6. The minimum absolute atomic E-state index is 0.0876. The summed E-state index contributed by atoms with van der Waals surface area (Å²) in [5.41, 5.74) is 3.35. The fourth-order valence-electron chi connectivity index (χ4n) is 4.80. The van der Waals surface area contributed by atoms with E-state index in [-0.39, 0.29) is 18.2 Å². The number of rotatable bonds is 9. The normalized spacial score (nSPS) is 16.5. The van der Waals surface area contributed by atoms with Gasteiger partial charge < -0.3 is 25.6 Å². The number of carbonyl (C=O) groups excluding carboxylic acids is 4. The molecule has 1 aliphatic rings. The van der Waals surface area contributed by atoms with Crippen LogP contribution in [0.4, 0.5) is 4.79 Å². The molecule has 0 radical (unpaired) electrons. The van der Waals surface area contributed by atoms with Gasteiger partial charge in [-0.2, -0.15) is 0 Å². The predicted octanol–water partition coefficient (Wildman–Crippen LogP) is 4.17. The Labute approximate surface area is 258 Å². The highest BCUT2D eigenvalue weighted by Crippen LogP contribution is 2.28. The van der Waals surface area contributed by atoms with Gasteiger partial charge in [-0.25, -0.2) is 9.78 Å². The molecule has 1 aliphatic heterocycles. The molecule has 0 saturated carbocycles. The molecule has 1 aromatic heterocycles. The minimum atomic E-state index is -1.10. The zero-order chi connectivity index (χ0) is 31.9. The van der Waals surface area contributed by atoms with Crippen LogP contribution >= 0.6 is 11.3 Å². The van der Waals surface area contributed by atoms with E-state index in [0.717, 1.165) is 21.7 Å². The number of thiazole rings is 1. The van der Waals surface area contributed by atoms with Crippen molar-refractivity contribution in [2.45, 2.75) is 98.0 Å². The first-order valence-electron chi connectivity index (χ1n) is 14.4. The first-order chi connectivity index (χ1) is 20.1. The third-order valence-corrected chi connectivity index (χ3v) is 7.97. The van der Waals surface area contributed by atoms with E-state index in [4.69, 9.17) is 11.2 Å². The summed E-state index contributed by atoms with van der Waals surface area (Å²) in [6.45, 7) is 13.3. The van der Waals surface area contributed by atoms with Crippen molar-refractivity contribution in [3.8, 4) is 22.8 Å². The van der Waals surface area contributed by atoms with E-state index in [2.05, 4.69) is 26.9 Å². The number of benzene rings is 1. The molecule has 0 spiro atoms. The number of aromatic nitrogens is 1. The lowest BCUT2D eigenvalue weighted by molar-refractivity contribution is -0.144. The molecule has 0 bridgehead atoms. The van der Waals surface area contributed by atoms with Crippen molar-refractivity contribution < 1.29 is 23.9 Å². The lowest BCUT2D eigenvalue weighted by atomic mass is 9.85. The summed E-state index contributed by atoms with van der Waals surface area (Å²) in [6.07, 6.45) is 5.77. The van der Waals surface area contributed by atoms with Crippen molar-refractivity contribution in [2.75, 3.05) is 6.54 Å². The van der Waals surface area contributed by atoms with Crippen LogP contribution in [-0.2, 0) is 25.7 Å². The van der Waals surface area contributed by atoms with Crippen molar-refractivity contribution in [3.05, 3.63) is 41.0 Å². The molecule has 43 heavy (non-hydrogen) atoms. The Morgan fingerprint density at radius 2 is 1.79 bits per heavy atom. The summed E-state index contributed by atoms with van der Waals surface area (Å²) < 4.78 is 5.27. The third kappa shape index (κ3) is 9.29. The highest BCUT2D eigenvalue weighted by atomic mass is 32.1. The molecule has 1 aromatic carbocycles. The van der Waals surface area contributed by atoms with E-state index in [0.29, 0.717) is 25.9 Å². The molecule has 3 unspecified atom stereocenters. The second kappa shape index (κ2) is 14.0. The molecule has 2 aromatic rings. The monoisotopic (exact) mass is 609 g/mol. The topological polar surface area (TPSA) is 130 Å². The summed E-state index contributed by atoms with van der Waals surface area (Å²) in [4.78, 5) is 59.7. The van der Waals surface area contributed by atoms with Crippen LogP contribution in [-0.4, -0.2) is 64.0 Å². The number of amides is 4. The lowest BCUT2D eigenvalue weighted by Crippen LogP contribution is -2.60. The molecular formula is C32H43N5O5S. The van der Waals surface area contributed by atoms with Gasteiger partial charge in [-0.15, -0.1) is 23.7 Å². The number of hydrogen-bond acceptors (Lipinski definition) is 7. The quantitative estimate of drug-likeness (QED) is 0.366. The van der Waals surface area contributed by atoms with Gasteiger partial charge in [-0.05, 0) is 57.1 Å². The molecule has 3 rings (SSSR count). The Morgan fingerprint density at radius 1 is 1.12 bits per heavy atom. The van der Waals surface area contributed by atoms with Crippen LogP contribution in [0.5, 0.6) is 0 Å². The van der Waals surface area contributed by atoms with Crippen LogP contribution in [0.1, 0.15) is 72.1 Å². The van der Waals surface area contributed by atoms with Gasteiger partial charge in [0.05, 0.1) is 16.1 Å². The van der Waals surface area contributed by atoms with Gasteiger partial charge in [0.25, 0.3) is 0 Å². The molecule has 1 fully saturated rings. The van der Waals surface area contributed by atoms with Crippen LogP contribution in [0.3, 0.4) is 0 Å². The number of aryl methyl sites for hydroxylation is 1. The van der Waals surface area contributed by atoms with E-state index in [9.17, 15) is 19.2 Å². The summed E-state index contributed by atoms with van der Waals surface area (Å²) in [6, 6.07) is 5.24. The SMILES string of the molecule is C#CCC(NC(=O)OC(C)(C)C)C(=O)NC(C(=O)N1CCCC1C(=O)NCc1ccc(-c2scnc2C)cc1)C(C)(C)C. The van der Waals surface area contributed by atoms with E-state index in [1.165, 1.54) is 0 Å². The second-order valence-electron chi connectivity index (χ2n) is 12.8. The maximum atomic E-state index is 13.9. The fraction of sp³-hybridized carbons (Fsp3) is 0.531. The van der Waals surface area contributed by atoms with E-state index < -0.39 is 41.1 Å². The van der Waals surface area contributed by atoms with Gasteiger partial charge in [0.1, 0.15) is 23.7 Å². The van der Waals surface area contributed by atoms with Crippen LogP contribution in [0, 0.1) is 24.7 Å². The summed E-state index contributed by atoms with van der Waals surface area (Å²) in [5, 5.41) is 8.27. The van der Waals surface area contributed by atoms with Gasteiger partial charge in [0, 0.05) is 19.5 Å². The maximum absolute atomic E-state index is 13.9. The van der Waals surface area contributed by atoms with Gasteiger partial charge in [0.15, 0.2) is 0 Å². The van der Waals surface area contributed by atoms with Crippen molar-refractivity contribution in [3.63, 3.8) is 0 Å². The highest BCUT2D eigenvalue weighted by molar-refractivity contribution is 7.13. The fourth-order valence-corrected chi connectivity index (χ4v) is 5.61. The number of nitrogens with zero attached hydrogens (tertiary/aromatic N) is 2. The molecule has 232 valence electrons. The van der Waals surface area contributed by atoms with Gasteiger partial charge in [0.2, 0.25) is 17.7 Å². The van der Waals surface area contributed by atoms with E-state index in [1.807, 2.05) is 57.5 Å². The van der Waals surface area contributed by atoms with Gasteiger partial charge in [-0.1, -0.05) is 45.0 Å². The number of ether oxygens (including phenoxy) is 1. The molecule has 3 N–H and O–H groups in total. The second-order valence-corrected chi connectivity index (χ2v) is 13.6. The van der Waals surface area contributed by atoms with Crippen LogP contribution in [0.2, 0.25) is 0 Å². The average molecular weight is 610 g/mol. The van der Waals surface area contributed by atoms with Crippen LogP contribution in [0.25, 0.3) is 10.4 Å². The zero-order valence-corrected chi connectivity index (χ0v) is 26.9. The predicted molar refractivity (Wildman–Crippen MR) is 167 cm³/mol. The van der Waals surface area contributed by atoms with E-state index >= 15 is 0 Å². The number of alkyl carbamates (subject to hydrolysis) is 1. The van der Waals surface area contributed by atoms with Crippen LogP contribution in [0.15, 0.2) is 29.8 Å². The number of likely N-dealkylation sites (tertiary alicyclic amines) is 1. The Bertz CT molecular complexity index is 1350. The summed E-state index contributed by atoms with van der Waals surface area (Å²) >= 11 is 1.58. The maximum Gasteiger partial charge on any atom is 0.408 e. The van der Waals surface area contributed by atoms with Crippen LogP contribution < -0.4 is 16.0 Å². The van der Waals surface area contributed by atoms with Crippen molar-refractivity contribution in [1.82, 2.24) is 25.8 Å². The minimum Gasteiger partial charge on any atom is -0.444 e.